The number of aromatic amines is 2. The van der Waals surface area contributed by atoms with Gasteiger partial charge in [-0.3, -0.25) is 52.7 Å². The maximum absolute atomic E-state index is 16.2. The fourth-order valence-corrected chi connectivity index (χ4v) is 13.5. The second-order valence-electron chi connectivity index (χ2n) is 27.1. The van der Waals surface area contributed by atoms with Gasteiger partial charge in [0.1, 0.15) is 83.5 Å². The summed E-state index contributed by atoms with van der Waals surface area (Å²) in [5.41, 5.74) is 13.5. The van der Waals surface area contributed by atoms with Gasteiger partial charge in [0.15, 0.2) is 0 Å². The number of fused-ring (bicyclic) bond motifs is 30. The van der Waals surface area contributed by atoms with E-state index in [9.17, 15) is 47.9 Å². The Morgan fingerprint density at radius 2 is 1.30 bits per heavy atom. The monoisotopic (exact) mass is 1440 g/mol. The molecule has 10 rings (SSSR count). The van der Waals surface area contributed by atoms with Gasteiger partial charge in [-0.15, -0.1) is 0 Å². The summed E-state index contributed by atoms with van der Waals surface area (Å²) >= 11 is 0. The number of hydrogen-bond donors (Lipinski definition) is 13. The van der Waals surface area contributed by atoms with Crippen molar-refractivity contribution in [2.45, 2.75) is 183 Å². The normalized spacial score (nSPS) is 25.6. The van der Waals surface area contributed by atoms with Gasteiger partial charge >= 0.3 is 0 Å². The van der Waals surface area contributed by atoms with Gasteiger partial charge in [-0.05, 0) is 155 Å². The van der Waals surface area contributed by atoms with Gasteiger partial charge in [-0.1, -0.05) is 48.6 Å². The van der Waals surface area contributed by atoms with E-state index in [4.69, 9.17) is 16.2 Å². The molecular weight excluding hydrogens is 1350 g/mol. The van der Waals surface area contributed by atoms with Crippen LogP contribution in [0.5, 0.6) is 5.75 Å². The molecule has 27 nitrogen and oxygen atoms in total. The predicted octanol–water partition coefficient (Wildman–Crippen LogP) is 2.33. The molecule has 15 N–H and O–H groups in total. The molecule has 4 aromatic carbocycles. The zero-order valence-electron chi connectivity index (χ0n) is 58.6. The molecule has 2 aromatic heterocycles. The molecule has 6 aromatic rings. The highest BCUT2D eigenvalue weighted by atomic mass is 19.1. The van der Waals surface area contributed by atoms with Crippen LogP contribution in [0.25, 0.3) is 21.8 Å². The number of H-pyrrole nitrogens is 2. The molecular formula is C74H91F3N14O13. The number of carbonyl (C=O) groups is 11. The van der Waals surface area contributed by atoms with E-state index in [2.05, 4.69) is 52.5 Å². The predicted molar refractivity (Wildman–Crippen MR) is 378 cm³/mol. The minimum atomic E-state index is -1.90. The van der Waals surface area contributed by atoms with E-state index in [0.29, 0.717) is 64.5 Å². The van der Waals surface area contributed by atoms with Gasteiger partial charge in [0.25, 0.3) is 0 Å². The largest absolute Gasteiger partial charge is 0.497 e. The Labute approximate surface area is 598 Å². The zero-order chi connectivity index (χ0) is 75.1. The SMILES string of the molecule is COc1ccc(C[C@@H]2NC(=O)[C@H]([C@@H](C)O)NC(=O)[C@@H]3C[C@H](F)CN3C(=O)[C@H](Cc3c[nH]c4ccc(F)cc34)NC(=O)[C@H](Cc3c[nH]c4ccc(F)cc34)NC(=O)[C@@H](C)NC(=O)[C@H](CCCCN)NC(=O)[C@@H](NC(C)=O)CC/C=C/Cc3ccc(cc3)C[C@@H](C(N)=O)NC(=O)[C@]3(C)CCCN3C2=O)cc1. The number of aliphatic hydroxyl groups is 1. The minimum absolute atomic E-state index is 0.0150. The minimum Gasteiger partial charge on any atom is -0.497 e. The van der Waals surface area contributed by atoms with E-state index >= 15 is 23.2 Å². The van der Waals surface area contributed by atoms with Gasteiger partial charge in [0.2, 0.25) is 65.0 Å². The Balaban J connectivity index is 1.07. The number of alkyl halides is 1. The molecule has 0 unspecified atom stereocenters. The average molecular weight is 1440 g/mol. The molecule has 0 radical (unpaired) electrons. The van der Waals surface area contributed by atoms with E-state index in [0.717, 1.165) is 10.5 Å². The third-order valence-corrected chi connectivity index (χ3v) is 19.3. The van der Waals surface area contributed by atoms with Crippen LogP contribution >= 0.6 is 0 Å². The van der Waals surface area contributed by atoms with Crippen molar-refractivity contribution in [3.63, 3.8) is 0 Å². The van der Waals surface area contributed by atoms with Crippen LogP contribution in [0, 0.1) is 11.6 Å². The number of rotatable bonds is 14. The van der Waals surface area contributed by atoms with E-state index < -0.39 is 175 Å². The van der Waals surface area contributed by atoms with E-state index in [-0.39, 0.29) is 62.6 Å². The topological polar surface area (TPSA) is 404 Å². The molecule has 0 aliphatic carbocycles. The number of aliphatic hydroxyl groups excluding tert-OH is 1. The third kappa shape index (κ3) is 19.6. The molecule has 2 fully saturated rings. The van der Waals surface area contributed by atoms with Crippen molar-refractivity contribution in [3.05, 3.63) is 149 Å². The highest BCUT2D eigenvalue weighted by Gasteiger charge is 2.50. The molecule has 30 heteroatoms. The Morgan fingerprint density at radius 3 is 1.91 bits per heavy atom. The summed E-state index contributed by atoms with van der Waals surface area (Å²) in [6.45, 7) is 4.74. The lowest BCUT2D eigenvalue weighted by Gasteiger charge is -2.37. The molecule has 11 amide bonds. The van der Waals surface area contributed by atoms with Crippen LogP contribution in [-0.4, -0.2) is 189 Å². The van der Waals surface area contributed by atoms with Crippen molar-refractivity contribution in [1.29, 1.82) is 0 Å². The quantitative estimate of drug-likeness (QED) is 0.0423. The molecule has 4 aliphatic heterocycles. The van der Waals surface area contributed by atoms with Crippen LogP contribution in [0.1, 0.15) is 107 Å². The van der Waals surface area contributed by atoms with E-state index in [1.54, 1.807) is 36.4 Å². The third-order valence-electron chi connectivity index (χ3n) is 19.3. The number of hydrogen-bond acceptors (Lipinski definition) is 14. The standard InChI is InChI=1S/C74H91F3N14O13/c1-40-65(95)85-59(32-46-37-80-54-25-21-48(75)34-52(46)54)68(98)86-61(33-47-38-81-55-26-22-49(76)35-53(47)55)71(101)90-39-50(77)36-62(90)69(99)89-63(41(2)92)70(100)87-60(31-45-19-23-51(104-5)24-20-45)72(102)91-29-11-27-74(91,4)73(103)88-58(64(79)94)30-44-17-15-43(16-18-44)12-7-6-8-13-56(83-42(3)93)67(97)84-57(66(96)82-40)14-9-10-28-78/h6-7,15-26,34-35,37-38,40-41,50,56-63,80-81,92H,8-14,27-33,36,39,78H2,1-5H3,(H2,79,94)(H,82,96)(H,83,93)(H,84,97)(H,85,95)(H,86,98)(H,87,100)(H,88,103)(H,89,99)/b7-6+/t40-,41-,50+,56+,57+,58+,59+,60+,61+,62+,63+,74+/m1/s1. The van der Waals surface area contributed by atoms with Crippen molar-refractivity contribution >= 4 is 86.8 Å². The fourth-order valence-electron chi connectivity index (χ4n) is 13.5. The van der Waals surface area contributed by atoms with E-state index in [1.165, 1.54) is 88.5 Å². The van der Waals surface area contributed by atoms with Crippen LogP contribution in [0.15, 0.2) is 109 Å². The summed E-state index contributed by atoms with van der Waals surface area (Å²) in [5, 5.41) is 33.2. The van der Waals surface area contributed by atoms with Crippen LogP contribution in [-0.2, 0) is 84.8 Å². The molecule has 0 spiro atoms. The fraction of sp³-hybridized carbons (Fsp3) is 0.446. The zero-order valence-corrected chi connectivity index (χ0v) is 58.6. The molecule has 2 bridgehead atoms. The Hall–Kier alpha value is -10.6. The lowest BCUT2D eigenvalue weighted by atomic mass is 9.94. The molecule has 556 valence electrons. The summed E-state index contributed by atoms with van der Waals surface area (Å²) in [6.07, 6.45) is 3.25. The molecule has 0 saturated carbocycles. The number of nitrogens with zero attached hydrogens (tertiary/aromatic N) is 2. The van der Waals surface area contributed by atoms with Crippen LogP contribution in [0.3, 0.4) is 0 Å². The molecule has 104 heavy (non-hydrogen) atoms. The molecule has 12 atom stereocenters. The number of carbonyl (C=O) groups excluding carboxylic acids is 11. The lowest BCUT2D eigenvalue weighted by Crippen LogP contribution is -2.64. The Morgan fingerprint density at radius 1 is 0.702 bits per heavy atom. The number of ether oxygens (including phenoxy) is 1. The Kier molecular flexibility index (Phi) is 26.1. The van der Waals surface area contributed by atoms with Crippen LogP contribution in [0.2, 0.25) is 0 Å². The number of primary amides is 1. The number of halogens is 3. The molecule has 2 saturated heterocycles. The van der Waals surface area contributed by atoms with Gasteiger partial charge in [0, 0.05) is 79.8 Å². The second kappa shape index (κ2) is 35.0. The van der Waals surface area contributed by atoms with Crippen molar-refractivity contribution in [2.24, 2.45) is 11.5 Å². The van der Waals surface area contributed by atoms with Crippen molar-refractivity contribution in [3.8, 4) is 5.75 Å². The van der Waals surface area contributed by atoms with Crippen LogP contribution in [0.4, 0.5) is 13.2 Å². The number of benzene rings is 4. The number of amides is 11. The number of methoxy groups -OCH3 is 1. The summed E-state index contributed by atoms with van der Waals surface area (Å²) in [7, 11) is 1.46. The number of allylic oxidation sites excluding steroid dienone is 2. The maximum atomic E-state index is 16.2. The summed E-state index contributed by atoms with van der Waals surface area (Å²) in [6, 6.07) is 7.59. The summed E-state index contributed by atoms with van der Waals surface area (Å²) in [4.78, 5) is 167. The highest BCUT2D eigenvalue weighted by molar-refractivity contribution is 6.01. The van der Waals surface area contributed by atoms with Gasteiger partial charge in [-0.25, -0.2) is 13.2 Å². The van der Waals surface area contributed by atoms with Crippen LogP contribution < -0.4 is 58.7 Å². The van der Waals surface area contributed by atoms with Gasteiger partial charge in [-0.2, -0.15) is 0 Å². The van der Waals surface area contributed by atoms with E-state index in [1.807, 2.05) is 24.3 Å². The first-order valence-electron chi connectivity index (χ1n) is 34.8. The van der Waals surface area contributed by atoms with Crippen molar-refractivity contribution < 1.29 is 75.8 Å². The first-order valence-corrected chi connectivity index (χ1v) is 34.8. The van der Waals surface area contributed by atoms with Gasteiger partial charge < -0.3 is 83.6 Å². The molecule has 4 aliphatic rings. The highest BCUT2D eigenvalue weighted by Crippen LogP contribution is 2.32. The number of unbranched alkanes of at least 4 members (excludes halogenated alkanes) is 1. The second-order valence-corrected chi connectivity index (χ2v) is 27.1. The summed E-state index contributed by atoms with van der Waals surface area (Å²) < 4.78 is 51.5. The lowest BCUT2D eigenvalue weighted by molar-refractivity contribution is -0.147. The average Bonchev–Trinajstić information content (AvgIpc) is 1.58. The summed E-state index contributed by atoms with van der Waals surface area (Å²) in [5.74, 6) is -10.6. The maximum Gasteiger partial charge on any atom is 0.246 e. The van der Waals surface area contributed by atoms with Crippen molar-refractivity contribution in [1.82, 2.24) is 62.3 Å². The smallest absolute Gasteiger partial charge is 0.246 e. The number of nitrogens with two attached hydrogens (primary N) is 2. The van der Waals surface area contributed by atoms with Crippen molar-refractivity contribution in [2.75, 3.05) is 26.7 Å². The number of aromatic nitrogens is 2. The first-order chi connectivity index (χ1) is 49.6. The number of nitrogens with one attached hydrogen (secondary N) is 10. The first kappa shape index (κ1) is 77.5. The Bertz CT molecular complexity index is 4170. The van der Waals surface area contributed by atoms with Gasteiger partial charge in [0.05, 0.1) is 19.8 Å². The molecule has 6 heterocycles.